The first-order valence-corrected chi connectivity index (χ1v) is 8.41. The zero-order valence-corrected chi connectivity index (χ0v) is 14.4. The standard InChI is InChI=1S/C21H19N3O2/c1-15(21(25)24-18-10-5-7-16(13-18)14-22)23-20(19-11-6-12-26-19)17-8-3-2-4-9-17/h2-13,15,20,23H,1H3,(H,24,25)/p+1/t15-,20-/m1/s1. The SMILES string of the molecule is C[C@@H]([NH2+][C@H](c1ccccc1)c1ccco1)C(=O)Nc1cccc(C#N)c1. The number of benzene rings is 2. The molecule has 0 unspecified atom stereocenters. The molecular weight excluding hydrogens is 326 g/mol. The molecule has 1 aromatic heterocycles. The third-order valence-electron chi connectivity index (χ3n) is 4.16. The van der Waals surface area contributed by atoms with Crippen molar-refractivity contribution in [2.75, 3.05) is 5.32 Å². The van der Waals surface area contributed by atoms with Crippen LogP contribution in [0.3, 0.4) is 0 Å². The van der Waals surface area contributed by atoms with E-state index in [1.165, 1.54) is 0 Å². The Morgan fingerprint density at radius 3 is 2.62 bits per heavy atom. The summed E-state index contributed by atoms with van der Waals surface area (Å²) in [6, 6.07) is 22.2. The lowest BCUT2D eigenvalue weighted by atomic mass is 10.0. The molecule has 0 fully saturated rings. The van der Waals surface area contributed by atoms with Gasteiger partial charge in [-0.2, -0.15) is 5.26 Å². The van der Waals surface area contributed by atoms with E-state index in [2.05, 4.69) is 11.4 Å². The first-order chi connectivity index (χ1) is 12.7. The Bertz CT molecular complexity index is 899. The molecule has 130 valence electrons. The first-order valence-electron chi connectivity index (χ1n) is 8.41. The fourth-order valence-electron chi connectivity index (χ4n) is 2.80. The lowest BCUT2D eigenvalue weighted by molar-refractivity contribution is -0.706. The monoisotopic (exact) mass is 346 g/mol. The van der Waals surface area contributed by atoms with Crippen LogP contribution in [0.1, 0.15) is 29.9 Å². The smallest absolute Gasteiger partial charge is 0.282 e. The molecular formula is C21H20N3O2+. The van der Waals surface area contributed by atoms with Crippen LogP contribution in [0.4, 0.5) is 5.69 Å². The third kappa shape index (κ3) is 4.18. The molecule has 0 spiro atoms. The molecule has 0 bridgehead atoms. The number of quaternary nitrogens is 1. The number of nitrogens with zero attached hydrogens (tertiary/aromatic N) is 1. The average molecular weight is 346 g/mol. The molecule has 2 atom stereocenters. The number of hydrogen-bond acceptors (Lipinski definition) is 3. The van der Waals surface area contributed by atoms with E-state index in [1.54, 1.807) is 30.5 Å². The van der Waals surface area contributed by atoms with Gasteiger partial charge in [0.15, 0.2) is 17.8 Å². The fraction of sp³-hybridized carbons (Fsp3) is 0.143. The lowest BCUT2D eigenvalue weighted by Crippen LogP contribution is -2.92. The molecule has 0 aliphatic rings. The van der Waals surface area contributed by atoms with E-state index in [-0.39, 0.29) is 18.0 Å². The lowest BCUT2D eigenvalue weighted by Gasteiger charge is -2.18. The van der Waals surface area contributed by atoms with Crippen molar-refractivity contribution in [3.05, 3.63) is 89.9 Å². The molecule has 3 N–H and O–H groups in total. The minimum atomic E-state index is -0.351. The van der Waals surface area contributed by atoms with E-state index in [1.807, 2.05) is 54.7 Å². The molecule has 0 saturated heterocycles. The summed E-state index contributed by atoms with van der Waals surface area (Å²) in [5.41, 5.74) is 2.19. The Morgan fingerprint density at radius 1 is 1.12 bits per heavy atom. The summed E-state index contributed by atoms with van der Waals surface area (Å²) in [5.74, 6) is 0.662. The third-order valence-corrected chi connectivity index (χ3v) is 4.16. The molecule has 1 amide bonds. The van der Waals surface area contributed by atoms with Gasteiger partial charge in [-0.3, -0.25) is 4.79 Å². The number of anilines is 1. The highest BCUT2D eigenvalue weighted by atomic mass is 16.3. The summed E-state index contributed by atoms with van der Waals surface area (Å²) in [7, 11) is 0. The second-order valence-electron chi connectivity index (χ2n) is 6.07. The van der Waals surface area contributed by atoms with Crippen LogP contribution in [0.2, 0.25) is 0 Å². The Morgan fingerprint density at radius 2 is 1.92 bits per heavy atom. The van der Waals surface area contributed by atoms with Crippen molar-refractivity contribution < 1.29 is 14.5 Å². The van der Waals surface area contributed by atoms with Crippen molar-refractivity contribution in [3.63, 3.8) is 0 Å². The second-order valence-corrected chi connectivity index (χ2v) is 6.07. The van der Waals surface area contributed by atoms with Gasteiger partial charge in [-0.1, -0.05) is 36.4 Å². The van der Waals surface area contributed by atoms with Gasteiger partial charge >= 0.3 is 0 Å². The number of carbonyl (C=O) groups excluding carboxylic acids is 1. The maximum absolute atomic E-state index is 12.6. The topological polar surface area (TPSA) is 82.6 Å². The largest absolute Gasteiger partial charge is 0.463 e. The maximum Gasteiger partial charge on any atom is 0.282 e. The van der Waals surface area contributed by atoms with E-state index < -0.39 is 0 Å². The molecule has 0 aliphatic heterocycles. The number of hydrogen-bond donors (Lipinski definition) is 2. The molecule has 1 heterocycles. The van der Waals surface area contributed by atoms with Gasteiger partial charge in [0.05, 0.1) is 17.9 Å². The summed E-state index contributed by atoms with van der Waals surface area (Å²) in [6.07, 6.45) is 1.64. The van der Waals surface area contributed by atoms with Crippen molar-refractivity contribution in [3.8, 4) is 6.07 Å². The predicted molar refractivity (Wildman–Crippen MR) is 98.2 cm³/mol. The number of amides is 1. The second kappa shape index (κ2) is 8.15. The first kappa shape index (κ1) is 17.5. The molecule has 5 heteroatoms. The fourth-order valence-corrected chi connectivity index (χ4v) is 2.80. The number of nitriles is 1. The van der Waals surface area contributed by atoms with Gasteiger partial charge in [0.1, 0.15) is 0 Å². The Balaban J connectivity index is 1.74. The maximum atomic E-state index is 12.6. The summed E-state index contributed by atoms with van der Waals surface area (Å²) in [6.45, 7) is 1.85. The van der Waals surface area contributed by atoms with E-state index in [4.69, 9.17) is 9.68 Å². The molecule has 26 heavy (non-hydrogen) atoms. The summed E-state index contributed by atoms with van der Waals surface area (Å²) < 4.78 is 5.58. The number of furan rings is 1. The van der Waals surface area contributed by atoms with Crippen molar-refractivity contribution in [1.82, 2.24) is 0 Å². The van der Waals surface area contributed by atoms with Crippen LogP contribution >= 0.6 is 0 Å². The number of carbonyl (C=O) groups is 1. The average Bonchev–Trinajstić information content (AvgIpc) is 3.21. The number of rotatable bonds is 6. The quantitative estimate of drug-likeness (QED) is 0.720. The van der Waals surface area contributed by atoms with Crippen LogP contribution < -0.4 is 10.6 Å². The molecule has 3 rings (SSSR count). The van der Waals surface area contributed by atoms with Crippen LogP contribution in [-0.4, -0.2) is 11.9 Å². The zero-order valence-electron chi connectivity index (χ0n) is 14.4. The number of nitrogens with one attached hydrogen (secondary N) is 1. The van der Waals surface area contributed by atoms with Crippen molar-refractivity contribution in [1.29, 1.82) is 5.26 Å². The minimum absolute atomic E-state index is 0.114. The summed E-state index contributed by atoms with van der Waals surface area (Å²) in [4.78, 5) is 12.6. The molecule has 3 aromatic rings. The van der Waals surface area contributed by atoms with Crippen LogP contribution in [0.15, 0.2) is 77.4 Å². The van der Waals surface area contributed by atoms with Crippen molar-refractivity contribution >= 4 is 11.6 Å². The van der Waals surface area contributed by atoms with Gasteiger partial charge in [-0.15, -0.1) is 0 Å². The molecule has 2 aromatic carbocycles. The molecule has 0 saturated carbocycles. The van der Waals surface area contributed by atoms with Crippen LogP contribution in [-0.2, 0) is 4.79 Å². The highest BCUT2D eigenvalue weighted by molar-refractivity contribution is 5.93. The van der Waals surface area contributed by atoms with E-state index in [0.717, 1.165) is 11.3 Å². The van der Waals surface area contributed by atoms with Gasteiger partial charge in [0, 0.05) is 11.3 Å². The van der Waals surface area contributed by atoms with Gasteiger partial charge in [0.2, 0.25) is 0 Å². The van der Waals surface area contributed by atoms with E-state index in [0.29, 0.717) is 11.3 Å². The van der Waals surface area contributed by atoms with Crippen LogP contribution in [0, 0.1) is 11.3 Å². The summed E-state index contributed by atoms with van der Waals surface area (Å²) >= 11 is 0. The predicted octanol–water partition coefficient (Wildman–Crippen LogP) is 2.83. The van der Waals surface area contributed by atoms with Gasteiger partial charge in [-0.05, 0) is 37.3 Å². The van der Waals surface area contributed by atoms with E-state index in [9.17, 15) is 4.79 Å². The van der Waals surface area contributed by atoms with Gasteiger partial charge < -0.3 is 15.1 Å². The highest BCUT2D eigenvalue weighted by Crippen LogP contribution is 2.19. The Labute approximate surface area is 152 Å². The summed E-state index contributed by atoms with van der Waals surface area (Å²) in [5, 5.41) is 13.8. The van der Waals surface area contributed by atoms with E-state index >= 15 is 0 Å². The molecule has 0 aliphatic carbocycles. The minimum Gasteiger partial charge on any atom is -0.463 e. The zero-order chi connectivity index (χ0) is 18.4. The van der Waals surface area contributed by atoms with Gasteiger partial charge in [-0.25, -0.2) is 0 Å². The number of nitrogens with two attached hydrogens (primary N) is 1. The van der Waals surface area contributed by atoms with Crippen molar-refractivity contribution in [2.24, 2.45) is 0 Å². The van der Waals surface area contributed by atoms with Crippen LogP contribution in [0.5, 0.6) is 0 Å². The normalized spacial score (nSPS) is 12.8. The molecule has 5 nitrogen and oxygen atoms in total. The Kier molecular flexibility index (Phi) is 5.47. The molecule has 0 radical (unpaired) electrons. The van der Waals surface area contributed by atoms with Crippen LogP contribution in [0.25, 0.3) is 0 Å². The highest BCUT2D eigenvalue weighted by Gasteiger charge is 2.26. The van der Waals surface area contributed by atoms with Crippen molar-refractivity contribution in [2.45, 2.75) is 19.0 Å². The van der Waals surface area contributed by atoms with Gasteiger partial charge in [0.25, 0.3) is 5.91 Å². The Hall–Kier alpha value is -3.36.